The first kappa shape index (κ1) is 11.8. The summed E-state index contributed by atoms with van der Waals surface area (Å²) in [7, 11) is 1.62. The number of rotatable bonds is 1. The van der Waals surface area contributed by atoms with Crippen LogP contribution in [0.4, 0.5) is 0 Å². The molecular weight excluding hydrogens is 242 g/mol. The summed E-state index contributed by atoms with van der Waals surface area (Å²) in [6.07, 6.45) is 0. The number of carbonyl (C=O) groups is 1. The van der Waals surface area contributed by atoms with Gasteiger partial charge in [0, 0.05) is 5.39 Å². The molecule has 4 nitrogen and oxygen atoms in total. The molecule has 0 aromatic heterocycles. The first-order chi connectivity index (χ1) is 9.00. The van der Waals surface area contributed by atoms with E-state index in [2.05, 4.69) is 5.32 Å². The highest BCUT2D eigenvalue weighted by Gasteiger charge is 2.32. The molecule has 4 heteroatoms. The van der Waals surface area contributed by atoms with Crippen molar-refractivity contribution in [3.8, 4) is 11.5 Å². The van der Waals surface area contributed by atoms with Crippen LogP contribution in [0.3, 0.4) is 0 Å². The van der Waals surface area contributed by atoms with Crippen LogP contribution in [-0.4, -0.2) is 18.7 Å². The molecule has 98 valence electrons. The van der Waals surface area contributed by atoms with E-state index in [0.717, 1.165) is 16.5 Å². The van der Waals surface area contributed by atoms with Gasteiger partial charge in [-0.25, -0.2) is 0 Å². The molecule has 1 aliphatic heterocycles. The zero-order valence-corrected chi connectivity index (χ0v) is 11.1. The van der Waals surface area contributed by atoms with Gasteiger partial charge in [-0.3, -0.25) is 4.79 Å². The Morgan fingerprint density at radius 3 is 2.68 bits per heavy atom. The molecule has 0 fully saturated rings. The van der Waals surface area contributed by atoms with Crippen molar-refractivity contribution in [2.45, 2.75) is 19.6 Å². The van der Waals surface area contributed by atoms with Gasteiger partial charge in [0.2, 0.25) is 0 Å². The Morgan fingerprint density at radius 1 is 1.21 bits per heavy atom. The number of fused-ring (bicyclic) bond motifs is 3. The van der Waals surface area contributed by atoms with Crippen LogP contribution < -0.4 is 14.8 Å². The molecular formula is C15H15NO3. The fourth-order valence-electron chi connectivity index (χ4n) is 2.31. The van der Waals surface area contributed by atoms with Crippen LogP contribution in [-0.2, 0) is 0 Å². The molecule has 0 saturated heterocycles. The number of benzene rings is 2. The van der Waals surface area contributed by atoms with Crippen molar-refractivity contribution in [2.24, 2.45) is 0 Å². The van der Waals surface area contributed by atoms with Crippen LogP contribution in [0.25, 0.3) is 10.8 Å². The highest BCUT2D eigenvalue weighted by molar-refractivity contribution is 6.05. The zero-order chi connectivity index (χ0) is 13.6. The number of carbonyl (C=O) groups excluding carboxylic acids is 1. The highest BCUT2D eigenvalue weighted by atomic mass is 16.5. The molecule has 1 aliphatic rings. The van der Waals surface area contributed by atoms with Gasteiger partial charge in [0.05, 0.1) is 12.7 Å². The van der Waals surface area contributed by atoms with Crippen LogP contribution in [0, 0.1) is 0 Å². The average Bonchev–Trinajstić information content (AvgIpc) is 2.36. The third-order valence-corrected chi connectivity index (χ3v) is 3.20. The Labute approximate surface area is 111 Å². The quantitative estimate of drug-likeness (QED) is 0.854. The molecule has 2 aromatic carbocycles. The molecule has 0 radical (unpaired) electrons. The van der Waals surface area contributed by atoms with Gasteiger partial charge in [0.15, 0.2) is 5.72 Å². The maximum absolute atomic E-state index is 12.1. The second kappa shape index (κ2) is 3.88. The van der Waals surface area contributed by atoms with Crippen LogP contribution >= 0.6 is 0 Å². The van der Waals surface area contributed by atoms with Crippen LogP contribution in [0.2, 0.25) is 0 Å². The van der Waals surface area contributed by atoms with Gasteiger partial charge in [-0.15, -0.1) is 0 Å². The van der Waals surface area contributed by atoms with Gasteiger partial charge >= 0.3 is 0 Å². The lowest BCUT2D eigenvalue weighted by Crippen LogP contribution is -2.51. The lowest BCUT2D eigenvalue weighted by atomic mass is 10.0. The van der Waals surface area contributed by atoms with Crippen molar-refractivity contribution >= 4 is 16.7 Å². The summed E-state index contributed by atoms with van der Waals surface area (Å²) < 4.78 is 11.2. The van der Waals surface area contributed by atoms with Crippen molar-refractivity contribution in [1.29, 1.82) is 0 Å². The first-order valence-corrected chi connectivity index (χ1v) is 6.12. The summed E-state index contributed by atoms with van der Waals surface area (Å²) in [5, 5.41) is 4.72. The Hall–Kier alpha value is -2.23. The molecule has 0 saturated carbocycles. The molecule has 3 rings (SSSR count). The molecule has 0 aliphatic carbocycles. The summed E-state index contributed by atoms with van der Waals surface area (Å²) in [5.74, 6) is 1.24. The molecule has 2 aromatic rings. The van der Waals surface area contributed by atoms with E-state index < -0.39 is 5.72 Å². The number of hydrogen-bond acceptors (Lipinski definition) is 3. The minimum Gasteiger partial charge on any atom is -0.497 e. The number of ether oxygens (including phenoxy) is 2. The van der Waals surface area contributed by atoms with E-state index in [4.69, 9.17) is 9.47 Å². The van der Waals surface area contributed by atoms with Gasteiger partial charge in [-0.2, -0.15) is 0 Å². The second-order valence-corrected chi connectivity index (χ2v) is 5.10. The maximum Gasteiger partial charge on any atom is 0.258 e. The van der Waals surface area contributed by atoms with E-state index in [1.54, 1.807) is 13.2 Å². The minimum atomic E-state index is -0.707. The molecule has 1 heterocycles. The Morgan fingerprint density at radius 2 is 1.95 bits per heavy atom. The van der Waals surface area contributed by atoms with Gasteiger partial charge in [0.25, 0.3) is 5.91 Å². The van der Waals surface area contributed by atoms with Crippen LogP contribution in [0.5, 0.6) is 11.5 Å². The minimum absolute atomic E-state index is 0.115. The maximum atomic E-state index is 12.1. The van der Waals surface area contributed by atoms with E-state index >= 15 is 0 Å². The fraction of sp³-hybridized carbons (Fsp3) is 0.267. The SMILES string of the molecule is COc1ccc2ccc3c(c2c1)OC(C)(C)NC3=O. The van der Waals surface area contributed by atoms with Gasteiger partial charge in [-0.05, 0) is 37.4 Å². The van der Waals surface area contributed by atoms with Crippen molar-refractivity contribution in [2.75, 3.05) is 7.11 Å². The van der Waals surface area contributed by atoms with Gasteiger partial charge in [0.1, 0.15) is 11.5 Å². The largest absolute Gasteiger partial charge is 0.497 e. The third-order valence-electron chi connectivity index (χ3n) is 3.20. The Kier molecular flexibility index (Phi) is 2.42. The molecule has 1 amide bonds. The van der Waals surface area contributed by atoms with Crippen LogP contribution in [0.15, 0.2) is 30.3 Å². The molecule has 0 unspecified atom stereocenters. The summed E-state index contributed by atoms with van der Waals surface area (Å²) in [5.41, 5.74) is -0.151. The number of methoxy groups -OCH3 is 1. The first-order valence-electron chi connectivity index (χ1n) is 6.12. The molecule has 19 heavy (non-hydrogen) atoms. The van der Waals surface area contributed by atoms with Crippen molar-refractivity contribution in [3.63, 3.8) is 0 Å². The lowest BCUT2D eigenvalue weighted by molar-refractivity contribution is 0.0444. The predicted octanol–water partition coefficient (Wildman–Crippen LogP) is 2.71. The number of nitrogens with one attached hydrogen (secondary N) is 1. The third kappa shape index (κ3) is 1.89. The normalized spacial score (nSPS) is 16.5. The van der Waals surface area contributed by atoms with Crippen molar-refractivity contribution < 1.29 is 14.3 Å². The number of hydrogen-bond donors (Lipinski definition) is 1. The van der Waals surface area contributed by atoms with E-state index in [0.29, 0.717) is 11.3 Å². The predicted molar refractivity (Wildman–Crippen MR) is 72.7 cm³/mol. The highest BCUT2D eigenvalue weighted by Crippen LogP contribution is 2.36. The van der Waals surface area contributed by atoms with Gasteiger partial charge < -0.3 is 14.8 Å². The Balaban J connectivity index is 2.29. The number of amides is 1. The van der Waals surface area contributed by atoms with E-state index in [1.165, 1.54) is 0 Å². The summed E-state index contributed by atoms with van der Waals surface area (Å²) in [4.78, 5) is 12.1. The molecule has 1 N–H and O–H groups in total. The molecule has 0 atom stereocenters. The van der Waals surface area contributed by atoms with Crippen LogP contribution in [0.1, 0.15) is 24.2 Å². The standard InChI is InChI=1S/C15H15NO3/c1-15(2)16-14(17)11-7-5-9-4-6-10(18-3)8-12(9)13(11)19-15/h4-8H,1-3H3,(H,16,17). The van der Waals surface area contributed by atoms with E-state index in [1.807, 2.05) is 38.1 Å². The molecule has 0 bridgehead atoms. The van der Waals surface area contributed by atoms with Crippen molar-refractivity contribution in [1.82, 2.24) is 5.32 Å². The van der Waals surface area contributed by atoms with E-state index in [9.17, 15) is 4.79 Å². The van der Waals surface area contributed by atoms with E-state index in [-0.39, 0.29) is 5.91 Å². The summed E-state index contributed by atoms with van der Waals surface area (Å²) in [6, 6.07) is 9.44. The van der Waals surface area contributed by atoms with Gasteiger partial charge in [-0.1, -0.05) is 12.1 Å². The average molecular weight is 257 g/mol. The fourth-order valence-corrected chi connectivity index (χ4v) is 2.31. The lowest BCUT2D eigenvalue weighted by Gasteiger charge is -2.33. The summed E-state index contributed by atoms with van der Waals surface area (Å²) in [6.45, 7) is 3.65. The summed E-state index contributed by atoms with van der Waals surface area (Å²) >= 11 is 0. The Bertz CT molecular complexity index is 676. The smallest absolute Gasteiger partial charge is 0.258 e. The second-order valence-electron chi connectivity index (χ2n) is 5.10. The zero-order valence-electron chi connectivity index (χ0n) is 11.1. The van der Waals surface area contributed by atoms with Crippen molar-refractivity contribution in [3.05, 3.63) is 35.9 Å². The monoisotopic (exact) mass is 257 g/mol. The topological polar surface area (TPSA) is 47.6 Å². The molecule has 0 spiro atoms.